The van der Waals surface area contributed by atoms with Crippen LogP contribution in [0, 0.1) is 0 Å². The predicted molar refractivity (Wildman–Crippen MR) is 212 cm³/mol. The zero-order valence-corrected chi connectivity index (χ0v) is 33.0. The van der Waals surface area contributed by atoms with Crippen molar-refractivity contribution in [2.24, 2.45) is 0 Å². The van der Waals surface area contributed by atoms with Crippen LogP contribution in [0.25, 0.3) is 10.8 Å². The van der Waals surface area contributed by atoms with Gasteiger partial charge in [-0.1, -0.05) is 78.1 Å². The maximum absolute atomic E-state index is 11.4. The summed E-state index contributed by atoms with van der Waals surface area (Å²) >= 11 is 2.00. The van der Waals surface area contributed by atoms with Crippen LogP contribution in [-0.4, -0.2) is 58.4 Å². The fourth-order valence-corrected chi connectivity index (χ4v) is 8.66. The minimum atomic E-state index is -4.04. The molecule has 0 bridgehead atoms. The Morgan fingerprint density at radius 1 is 0.943 bits per heavy atom. The molecule has 2 heterocycles. The van der Waals surface area contributed by atoms with E-state index in [0.29, 0.717) is 18.7 Å². The number of fused-ring (bicyclic) bond motifs is 4. The molecule has 284 valence electrons. The van der Waals surface area contributed by atoms with Gasteiger partial charge in [-0.3, -0.25) is 4.55 Å². The third-order valence-corrected chi connectivity index (χ3v) is 11.7. The van der Waals surface area contributed by atoms with E-state index < -0.39 is 10.1 Å². The number of rotatable bonds is 18. The topological polar surface area (TPSA) is 138 Å². The third-order valence-electron chi connectivity index (χ3n) is 9.72. The highest BCUT2D eigenvalue weighted by molar-refractivity contribution is 7.94. The predicted octanol–water partition coefficient (Wildman–Crippen LogP) is 9.51. The van der Waals surface area contributed by atoms with E-state index in [1.807, 2.05) is 30.3 Å². The minimum absolute atomic E-state index is 0.287. The van der Waals surface area contributed by atoms with Gasteiger partial charge in [0.25, 0.3) is 10.1 Å². The van der Waals surface area contributed by atoms with Gasteiger partial charge in [-0.05, 0) is 80.3 Å². The Balaban J connectivity index is 1.40. The van der Waals surface area contributed by atoms with Crippen molar-refractivity contribution in [1.29, 1.82) is 0 Å². The molecule has 0 fully saturated rings. The maximum Gasteiger partial charge on any atom is 0.264 e. The molecule has 2 aliphatic rings. The molecule has 3 N–H and O–H groups in total. The number of hydrogen-bond donors (Lipinski definition) is 3. The standard InChI is InChI=1S/C39H46N2O9S3/c1-28(13-10-17-35-38(2,3)32-15-6-7-16-33(32)40(35)24-12-26-53(44,45)46)14-11-18-36-39(4,5)37-31-21-20-30(52-50-48-43)27-29(31)19-22-34(37)41(36)23-8-9-25-51-49-47-42/h6-7,10-11,13-22,27H,8-9,12,23-26H2,1-5H3,(H2-,42,43,44,45,46)/p+1. The lowest BCUT2D eigenvalue weighted by Gasteiger charge is -2.27. The molecule has 2 aliphatic heterocycles. The fourth-order valence-electron chi connectivity index (χ4n) is 7.33. The summed E-state index contributed by atoms with van der Waals surface area (Å²) < 4.78 is 43.8. The molecule has 11 nitrogen and oxygen atoms in total. The van der Waals surface area contributed by atoms with E-state index in [9.17, 15) is 13.0 Å². The Hall–Kier alpha value is -3.28. The second-order valence-electron chi connectivity index (χ2n) is 14.0. The molecule has 0 atom stereocenters. The molecule has 0 radical (unpaired) electrons. The second kappa shape index (κ2) is 17.9. The van der Waals surface area contributed by atoms with Gasteiger partial charge in [0.15, 0.2) is 5.71 Å². The Bertz CT molecular complexity index is 2050. The van der Waals surface area contributed by atoms with Crippen LogP contribution >= 0.6 is 24.1 Å². The van der Waals surface area contributed by atoms with E-state index in [0.717, 1.165) is 81.8 Å². The number of nitrogens with zero attached hydrogens (tertiary/aromatic N) is 2. The van der Waals surface area contributed by atoms with Crippen LogP contribution in [0.15, 0.2) is 107 Å². The number of allylic oxidation sites excluding steroid dienone is 8. The van der Waals surface area contributed by atoms with Crippen molar-refractivity contribution < 1.29 is 46.8 Å². The molecule has 0 spiro atoms. The molecule has 0 saturated heterocycles. The Morgan fingerprint density at radius 2 is 1.72 bits per heavy atom. The Labute approximate surface area is 320 Å². The molecule has 0 saturated carbocycles. The fraction of sp³-hybridized carbons (Fsp3) is 0.359. The molecule has 3 aromatic carbocycles. The van der Waals surface area contributed by atoms with Crippen LogP contribution < -0.4 is 4.90 Å². The van der Waals surface area contributed by atoms with Crippen LogP contribution in [0.4, 0.5) is 11.4 Å². The Morgan fingerprint density at radius 3 is 2.47 bits per heavy atom. The van der Waals surface area contributed by atoms with E-state index in [1.54, 1.807) is 0 Å². The Kier molecular flexibility index (Phi) is 13.8. The van der Waals surface area contributed by atoms with E-state index in [4.69, 9.17) is 10.5 Å². The summed E-state index contributed by atoms with van der Waals surface area (Å²) in [5.74, 6) is 0.381. The van der Waals surface area contributed by atoms with Gasteiger partial charge < -0.3 is 4.90 Å². The van der Waals surface area contributed by atoms with Crippen LogP contribution in [0.2, 0.25) is 0 Å². The van der Waals surface area contributed by atoms with Gasteiger partial charge in [-0.15, -0.1) is 8.67 Å². The number of hydrogen-bond acceptors (Lipinski definition) is 11. The molecule has 0 aromatic heterocycles. The zero-order chi connectivity index (χ0) is 38.2. The van der Waals surface area contributed by atoms with Gasteiger partial charge in [0, 0.05) is 70.2 Å². The number of para-hydroxylation sites is 1. The molecule has 0 amide bonds. The smallest absolute Gasteiger partial charge is 0.264 e. The van der Waals surface area contributed by atoms with Gasteiger partial charge in [-0.2, -0.15) is 13.0 Å². The highest BCUT2D eigenvalue weighted by Crippen LogP contribution is 2.48. The summed E-state index contributed by atoms with van der Waals surface area (Å²) in [5.41, 5.74) is 7.27. The molecule has 0 aliphatic carbocycles. The minimum Gasteiger partial charge on any atom is -0.344 e. The van der Waals surface area contributed by atoms with Crippen molar-refractivity contribution in [3.8, 4) is 0 Å². The van der Waals surface area contributed by atoms with Gasteiger partial charge in [0.05, 0.1) is 23.2 Å². The summed E-state index contributed by atoms with van der Waals surface area (Å²) in [6, 6.07) is 18.4. The van der Waals surface area contributed by atoms with Gasteiger partial charge in [0.2, 0.25) is 5.69 Å². The normalized spacial score (nSPS) is 17.6. The summed E-state index contributed by atoms with van der Waals surface area (Å²) in [4.78, 5) is 2.95. The molecule has 14 heteroatoms. The van der Waals surface area contributed by atoms with Crippen molar-refractivity contribution in [2.75, 3.05) is 29.5 Å². The van der Waals surface area contributed by atoms with Crippen LogP contribution in [0.1, 0.15) is 65.0 Å². The molecular formula is C39H47N2O9S3+. The first-order valence-corrected chi connectivity index (χ1v) is 20.6. The molecular weight excluding hydrogens is 737 g/mol. The summed E-state index contributed by atoms with van der Waals surface area (Å²) in [6.07, 6.45) is 14.6. The van der Waals surface area contributed by atoms with E-state index in [-0.39, 0.29) is 16.6 Å². The van der Waals surface area contributed by atoms with Crippen LogP contribution in [0.3, 0.4) is 0 Å². The quantitative estimate of drug-likeness (QED) is 0.0216. The lowest BCUT2D eigenvalue weighted by Crippen LogP contribution is -2.28. The van der Waals surface area contributed by atoms with Crippen molar-refractivity contribution in [1.82, 2.24) is 0 Å². The molecule has 5 rings (SSSR count). The molecule has 3 aromatic rings. The second-order valence-corrected chi connectivity index (χ2v) is 17.1. The van der Waals surface area contributed by atoms with Crippen molar-refractivity contribution in [2.45, 2.75) is 69.6 Å². The first kappa shape index (κ1) is 40.9. The maximum atomic E-state index is 11.4. The number of benzene rings is 3. The number of anilines is 1. The average molecular weight is 784 g/mol. The van der Waals surface area contributed by atoms with Crippen LogP contribution in [0.5, 0.6) is 0 Å². The SMILES string of the molecule is CC(/C=C/C=C1/N(CCCS(=O)(=O)O)c2ccccc2C1(C)C)=C\C=C\C1=[N+](CCCCSOOO)c2ccc3cc(SOOO)ccc3c2C1(C)C. The highest BCUT2D eigenvalue weighted by Gasteiger charge is 2.45. The van der Waals surface area contributed by atoms with E-state index in [2.05, 4.69) is 124 Å². The van der Waals surface area contributed by atoms with Crippen molar-refractivity contribution in [3.63, 3.8) is 0 Å². The van der Waals surface area contributed by atoms with Gasteiger partial charge in [-0.25, -0.2) is 10.5 Å². The first-order chi connectivity index (χ1) is 25.3. The summed E-state index contributed by atoms with van der Waals surface area (Å²) in [7, 11) is -4.04. The third kappa shape index (κ3) is 9.70. The molecule has 0 unspecified atom stereocenters. The largest absolute Gasteiger partial charge is 0.344 e. The molecule has 53 heavy (non-hydrogen) atoms. The monoisotopic (exact) mass is 783 g/mol. The van der Waals surface area contributed by atoms with Gasteiger partial charge >= 0.3 is 0 Å². The summed E-state index contributed by atoms with van der Waals surface area (Å²) in [6.45, 7) is 12.1. The average Bonchev–Trinajstić information content (AvgIpc) is 3.46. The van der Waals surface area contributed by atoms with E-state index in [1.165, 1.54) is 16.8 Å². The van der Waals surface area contributed by atoms with Crippen molar-refractivity contribution in [3.05, 3.63) is 113 Å². The zero-order valence-electron chi connectivity index (χ0n) is 30.5. The number of unbranched alkanes of at least 4 members (excludes halogenated alkanes) is 1. The van der Waals surface area contributed by atoms with Crippen LogP contribution in [-0.2, 0) is 39.7 Å². The van der Waals surface area contributed by atoms with Crippen molar-refractivity contribution >= 4 is 62.1 Å². The van der Waals surface area contributed by atoms with Gasteiger partial charge in [0.1, 0.15) is 6.54 Å². The lowest BCUT2D eigenvalue weighted by atomic mass is 9.79. The first-order valence-electron chi connectivity index (χ1n) is 17.3. The highest BCUT2D eigenvalue weighted by atomic mass is 32.2. The lowest BCUT2D eigenvalue weighted by molar-refractivity contribution is -0.438. The summed E-state index contributed by atoms with van der Waals surface area (Å²) in [5, 5.41) is 26.7. The van der Waals surface area contributed by atoms with E-state index >= 15 is 0 Å².